The maximum atomic E-state index is 13.0. The first-order chi connectivity index (χ1) is 16.9. The lowest BCUT2D eigenvalue weighted by Gasteiger charge is -2.12. The van der Waals surface area contributed by atoms with Crippen molar-refractivity contribution >= 4 is 51.0 Å². The van der Waals surface area contributed by atoms with Crippen molar-refractivity contribution in [1.29, 1.82) is 0 Å². The molecular formula is C25H22ClN3O6S. The van der Waals surface area contributed by atoms with Gasteiger partial charge in [-0.05, 0) is 81.4 Å². The molecule has 0 aliphatic carbocycles. The van der Waals surface area contributed by atoms with Crippen LogP contribution >= 0.6 is 11.6 Å². The average Bonchev–Trinajstić information content (AvgIpc) is 3.39. The quantitative estimate of drug-likeness (QED) is 0.367. The summed E-state index contributed by atoms with van der Waals surface area (Å²) in [5.74, 6) is -0.0755. The van der Waals surface area contributed by atoms with E-state index < -0.39 is 21.9 Å². The molecule has 2 N–H and O–H groups in total. The molecule has 0 bridgehead atoms. The first kappa shape index (κ1) is 25.4. The van der Waals surface area contributed by atoms with Gasteiger partial charge in [0.05, 0.1) is 38.6 Å². The van der Waals surface area contributed by atoms with E-state index in [1.54, 1.807) is 57.2 Å². The third-order valence-corrected chi connectivity index (χ3v) is 6.46. The topological polar surface area (TPSA) is 132 Å². The van der Waals surface area contributed by atoms with Gasteiger partial charge in [-0.1, -0.05) is 11.6 Å². The minimum absolute atomic E-state index is 0.0692. The van der Waals surface area contributed by atoms with Gasteiger partial charge in [0.25, 0.3) is 5.91 Å². The monoisotopic (exact) mass is 527 g/mol. The number of hydrogen-bond donors (Lipinski definition) is 1. The number of nitrogens with zero attached hydrogens (tertiary/aromatic N) is 2. The van der Waals surface area contributed by atoms with Crippen LogP contribution < -0.4 is 10.1 Å². The summed E-state index contributed by atoms with van der Waals surface area (Å²) >= 11 is 6.18. The number of carbonyl (C=O) groups excluding carboxylic acids is 2. The van der Waals surface area contributed by atoms with Gasteiger partial charge in [-0.3, -0.25) is 4.79 Å². The SMILES string of the molecule is CC1=NN(c2ccc(S(N)(=O)=O)cc2)C(=O)C1=Cc1ccc(-c2ccc(Cl)c(C(=O)OC(C)C)c2)o1. The van der Waals surface area contributed by atoms with Crippen LogP contribution in [0.4, 0.5) is 5.69 Å². The van der Waals surface area contributed by atoms with Gasteiger partial charge in [-0.2, -0.15) is 10.1 Å². The Morgan fingerprint density at radius 2 is 1.83 bits per heavy atom. The van der Waals surface area contributed by atoms with Gasteiger partial charge in [0.15, 0.2) is 0 Å². The molecular weight excluding hydrogens is 506 g/mol. The Morgan fingerprint density at radius 3 is 2.47 bits per heavy atom. The highest BCUT2D eigenvalue weighted by Crippen LogP contribution is 2.30. The minimum atomic E-state index is -3.85. The lowest BCUT2D eigenvalue weighted by Crippen LogP contribution is -2.21. The molecule has 2 aromatic carbocycles. The number of amides is 1. The van der Waals surface area contributed by atoms with Crippen molar-refractivity contribution < 1.29 is 27.2 Å². The van der Waals surface area contributed by atoms with Crippen molar-refractivity contribution in [3.05, 3.63) is 76.5 Å². The molecule has 0 saturated carbocycles. The Hall–Kier alpha value is -3.73. The van der Waals surface area contributed by atoms with Crippen molar-refractivity contribution in [3.63, 3.8) is 0 Å². The van der Waals surface area contributed by atoms with Crippen molar-refractivity contribution in [3.8, 4) is 11.3 Å². The third-order valence-electron chi connectivity index (χ3n) is 5.20. The molecule has 0 atom stereocenters. The summed E-state index contributed by atoms with van der Waals surface area (Å²) in [5.41, 5.74) is 1.98. The molecule has 1 aliphatic rings. The Bertz CT molecular complexity index is 1520. The van der Waals surface area contributed by atoms with E-state index in [9.17, 15) is 18.0 Å². The highest BCUT2D eigenvalue weighted by Gasteiger charge is 2.29. The van der Waals surface area contributed by atoms with Gasteiger partial charge in [0, 0.05) is 5.56 Å². The first-order valence-corrected chi connectivity index (χ1v) is 12.7. The molecule has 0 fully saturated rings. The Labute approximate surface area is 212 Å². The van der Waals surface area contributed by atoms with Crippen LogP contribution in [0.5, 0.6) is 0 Å². The number of anilines is 1. The Balaban J connectivity index is 1.58. The normalized spacial score (nSPS) is 15.1. The maximum absolute atomic E-state index is 13.0. The van der Waals surface area contributed by atoms with Crippen LogP contribution in [0, 0.1) is 0 Å². The van der Waals surface area contributed by atoms with Gasteiger partial charge in [0.2, 0.25) is 10.0 Å². The second-order valence-corrected chi connectivity index (χ2v) is 10.2. The molecule has 1 aliphatic heterocycles. The Kier molecular flexibility index (Phi) is 6.85. The van der Waals surface area contributed by atoms with Gasteiger partial charge in [-0.25, -0.2) is 18.4 Å². The molecule has 4 rings (SSSR count). The van der Waals surface area contributed by atoms with Crippen LogP contribution in [-0.2, 0) is 19.6 Å². The van der Waals surface area contributed by atoms with Gasteiger partial charge in [0.1, 0.15) is 11.5 Å². The molecule has 11 heteroatoms. The lowest BCUT2D eigenvalue weighted by atomic mass is 10.1. The van der Waals surface area contributed by atoms with Crippen molar-refractivity contribution in [2.75, 3.05) is 5.01 Å². The number of esters is 1. The van der Waals surface area contributed by atoms with Crippen LogP contribution in [0.15, 0.2) is 74.6 Å². The number of primary sulfonamides is 1. The molecule has 0 spiro atoms. The summed E-state index contributed by atoms with van der Waals surface area (Å²) < 4.78 is 34.1. The number of nitrogens with two attached hydrogens (primary N) is 1. The standard InChI is InChI=1S/C25H22ClN3O6S/c1-14(2)34-25(31)21-12-16(4-10-22(21)26)23-11-7-18(35-23)13-20-15(3)28-29(24(20)30)17-5-8-19(9-6-17)36(27,32)33/h4-14H,1-3H3,(H2,27,32,33). The number of hydrazone groups is 1. The molecule has 186 valence electrons. The summed E-state index contributed by atoms with van der Waals surface area (Å²) in [5, 5.41) is 10.8. The zero-order chi connectivity index (χ0) is 26.2. The smallest absolute Gasteiger partial charge is 0.339 e. The summed E-state index contributed by atoms with van der Waals surface area (Å²) in [6.45, 7) is 5.18. The van der Waals surface area contributed by atoms with Crippen molar-refractivity contribution in [2.24, 2.45) is 10.2 Å². The van der Waals surface area contributed by atoms with Crippen LogP contribution in [0.3, 0.4) is 0 Å². The number of sulfonamides is 1. The van der Waals surface area contributed by atoms with Gasteiger partial charge in [-0.15, -0.1) is 0 Å². The van der Waals surface area contributed by atoms with Crippen molar-refractivity contribution in [2.45, 2.75) is 31.8 Å². The predicted molar refractivity (Wildman–Crippen MR) is 136 cm³/mol. The van der Waals surface area contributed by atoms with E-state index in [2.05, 4.69) is 5.10 Å². The summed E-state index contributed by atoms with van der Waals surface area (Å²) in [6, 6.07) is 13.8. The molecule has 36 heavy (non-hydrogen) atoms. The summed E-state index contributed by atoms with van der Waals surface area (Å²) in [7, 11) is -3.85. The fourth-order valence-electron chi connectivity index (χ4n) is 3.48. The molecule has 2 heterocycles. The van der Waals surface area contributed by atoms with E-state index in [-0.39, 0.29) is 21.6 Å². The van der Waals surface area contributed by atoms with E-state index in [0.717, 1.165) is 0 Å². The predicted octanol–water partition coefficient (Wildman–Crippen LogP) is 4.62. The fraction of sp³-hybridized carbons (Fsp3) is 0.160. The van der Waals surface area contributed by atoms with E-state index in [0.29, 0.717) is 34.1 Å². The van der Waals surface area contributed by atoms with E-state index in [4.69, 9.17) is 25.9 Å². The molecule has 0 radical (unpaired) electrons. The summed E-state index contributed by atoms with van der Waals surface area (Å²) in [4.78, 5) is 25.3. The molecule has 0 unspecified atom stereocenters. The molecule has 9 nitrogen and oxygen atoms in total. The highest BCUT2D eigenvalue weighted by molar-refractivity contribution is 7.89. The molecule has 3 aromatic rings. The van der Waals surface area contributed by atoms with Crippen LogP contribution in [0.1, 0.15) is 36.9 Å². The number of carbonyl (C=O) groups is 2. The Morgan fingerprint density at radius 1 is 1.14 bits per heavy atom. The van der Waals surface area contributed by atoms with E-state index in [1.807, 2.05) is 0 Å². The van der Waals surface area contributed by atoms with Crippen LogP contribution in [-0.4, -0.2) is 32.1 Å². The first-order valence-electron chi connectivity index (χ1n) is 10.8. The second kappa shape index (κ2) is 9.73. The third kappa shape index (κ3) is 5.25. The number of rotatable bonds is 6. The van der Waals surface area contributed by atoms with Crippen LogP contribution in [0.2, 0.25) is 5.02 Å². The minimum Gasteiger partial charge on any atom is -0.459 e. The molecule has 0 saturated heterocycles. The van der Waals surface area contributed by atoms with E-state index in [1.165, 1.54) is 29.3 Å². The number of ether oxygens (including phenoxy) is 1. The number of hydrogen-bond acceptors (Lipinski definition) is 7. The average molecular weight is 528 g/mol. The highest BCUT2D eigenvalue weighted by atomic mass is 35.5. The van der Waals surface area contributed by atoms with Gasteiger partial charge >= 0.3 is 5.97 Å². The zero-order valence-electron chi connectivity index (χ0n) is 19.6. The van der Waals surface area contributed by atoms with E-state index >= 15 is 0 Å². The molecule has 1 aromatic heterocycles. The maximum Gasteiger partial charge on any atom is 0.339 e. The number of halogens is 1. The number of furan rings is 1. The second-order valence-electron chi connectivity index (χ2n) is 8.25. The zero-order valence-corrected chi connectivity index (χ0v) is 21.1. The lowest BCUT2D eigenvalue weighted by molar-refractivity contribution is -0.114. The molecule has 1 amide bonds. The fourth-order valence-corrected chi connectivity index (χ4v) is 4.19. The summed E-state index contributed by atoms with van der Waals surface area (Å²) in [6.07, 6.45) is 1.27. The van der Waals surface area contributed by atoms with Crippen molar-refractivity contribution in [1.82, 2.24) is 0 Å². The number of benzene rings is 2. The van der Waals surface area contributed by atoms with Crippen LogP contribution in [0.25, 0.3) is 17.4 Å². The van der Waals surface area contributed by atoms with Gasteiger partial charge < -0.3 is 9.15 Å². The largest absolute Gasteiger partial charge is 0.459 e.